The van der Waals surface area contributed by atoms with Crippen molar-refractivity contribution in [3.05, 3.63) is 40.4 Å². The largest absolute Gasteiger partial charge is 0.367 e. The molecule has 3 rings (SSSR count). The van der Waals surface area contributed by atoms with Crippen molar-refractivity contribution in [2.24, 2.45) is 0 Å². The van der Waals surface area contributed by atoms with Gasteiger partial charge in [-0.3, -0.25) is 0 Å². The molecule has 0 aliphatic heterocycles. The van der Waals surface area contributed by atoms with Gasteiger partial charge in [0.05, 0.1) is 11.3 Å². The SMILES string of the molecule is C#Cc1c(SC)nc2c(C#N)c(NCCCN(C)C)nn2c1-c1ccc(Cl)cc1. The van der Waals surface area contributed by atoms with Gasteiger partial charge in [-0.25, -0.2) is 9.50 Å². The van der Waals surface area contributed by atoms with E-state index in [9.17, 15) is 5.26 Å². The molecule has 2 heterocycles. The van der Waals surface area contributed by atoms with Crippen molar-refractivity contribution in [2.45, 2.75) is 11.4 Å². The van der Waals surface area contributed by atoms with E-state index in [1.807, 2.05) is 32.5 Å². The molecule has 148 valence electrons. The van der Waals surface area contributed by atoms with E-state index >= 15 is 0 Å². The molecule has 0 spiro atoms. The number of rotatable bonds is 7. The lowest BCUT2D eigenvalue weighted by atomic mass is 10.1. The maximum absolute atomic E-state index is 9.78. The number of nitrogens with one attached hydrogen (secondary N) is 1. The van der Waals surface area contributed by atoms with Crippen molar-refractivity contribution in [1.29, 1.82) is 5.26 Å². The third kappa shape index (κ3) is 4.33. The Labute approximate surface area is 179 Å². The van der Waals surface area contributed by atoms with E-state index in [0.29, 0.717) is 39.2 Å². The Morgan fingerprint density at radius 3 is 2.59 bits per heavy atom. The molecule has 1 N–H and O–H groups in total. The first kappa shape index (κ1) is 21.0. The zero-order valence-electron chi connectivity index (χ0n) is 16.5. The van der Waals surface area contributed by atoms with E-state index in [1.165, 1.54) is 11.8 Å². The molecule has 0 fully saturated rings. The highest BCUT2D eigenvalue weighted by molar-refractivity contribution is 7.98. The van der Waals surface area contributed by atoms with Crippen LogP contribution < -0.4 is 5.32 Å². The van der Waals surface area contributed by atoms with E-state index in [2.05, 4.69) is 32.3 Å². The van der Waals surface area contributed by atoms with Crippen LogP contribution in [0.15, 0.2) is 29.3 Å². The monoisotopic (exact) mass is 424 g/mol. The predicted octanol–water partition coefficient (Wildman–Crippen LogP) is 3.99. The lowest BCUT2D eigenvalue weighted by molar-refractivity contribution is 0.405. The third-order valence-electron chi connectivity index (χ3n) is 4.37. The van der Waals surface area contributed by atoms with Gasteiger partial charge in [0.25, 0.3) is 0 Å². The fourth-order valence-corrected chi connectivity index (χ4v) is 3.67. The minimum absolute atomic E-state index is 0.406. The molecule has 29 heavy (non-hydrogen) atoms. The van der Waals surface area contributed by atoms with Gasteiger partial charge >= 0.3 is 0 Å². The summed E-state index contributed by atoms with van der Waals surface area (Å²) in [6, 6.07) is 9.63. The Bertz CT molecular complexity index is 1110. The highest BCUT2D eigenvalue weighted by Crippen LogP contribution is 2.33. The molecule has 6 nitrogen and oxygen atoms in total. The van der Waals surface area contributed by atoms with Crippen LogP contribution in [0.5, 0.6) is 0 Å². The molecule has 0 bridgehead atoms. The Kier molecular flexibility index (Phi) is 6.66. The van der Waals surface area contributed by atoms with Crippen molar-refractivity contribution in [1.82, 2.24) is 19.5 Å². The molecule has 0 saturated carbocycles. The standard InChI is InChI=1S/C21H21ClN6S/c1-5-16-18(14-7-9-15(22)10-8-14)28-20(25-21(16)29-4)17(13-23)19(26-28)24-11-6-12-27(2)3/h1,7-10H,6,11-12H2,2-4H3,(H,24,26). The molecule has 0 unspecified atom stereocenters. The minimum atomic E-state index is 0.406. The zero-order chi connectivity index (χ0) is 21.0. The highest BCUT2D eigenvalue weighted by Gasteiger charge is 2.22. The zero-order valence-corrected chi connectivity index (χ0v) is 18.1. The van der Waals surface area contributed by atoms with Gasteiger partial charge in [-0.15, -0.1) is 23.3 Å². The van der Waals surface area contributed by atoms with Gasteiger partial charge < -0.3 is 10.2 Å². The number of thioether (sulfide) groups is 1. The lowest BCUT2D eigenvalue weighted by Crippen LogP contribution is -2.16. The maximum Gasteiger partial charge on any atom is 0.177 e. The normalized spacial score (nSPS) is 10.9. The number of nitriles is 1. The highest BCUT2D eigenvalue weighted by atomic mass is 35.5. The van der Waals surface area contributed by atoms with E-state index in [-0.39, 0.29) is 0 Å². The Hall–Kier alpha value is -2.71. The van der Waals surface area contributed by atoms with Crippen molar-refractivity contribution < 1.29 is 0 Å². The molecule has 0 atom stereocenters. The summed E-state index contributed by atoms with van der Waals surface area (Å²) in [5, 5.41) is 19.0. The average Bonchev–Trinajstić information content (AvgIpc) is 3.07. The van der Waals surface area contributed by atoms with Crippen LogP contribution in [0.3, 0.4) is 0 Å². The Balaban J connectivity index is 2.18. The summed E-state index contributed by atoms with van der Waals surface area (Å²) in [5.74, 6) is 3.26. The Morgan fingerprint density at radius 2 is 2.00 bits per heavy atom. The van der Waals surface area contributed by atoms with Crippen LogP contribution in [0.25, 0.3) is 16.9 Å². The lowest BCUT2D eigenvalue weighted by Gasteiger charge is -2.11. The summed E-state index contributed by atoms with van der Waals surface area (Å²) >= 11 is 7.50. The first-order valence-electron chi connectivity index (χ1n) is 9.02. The van der Waals surface area contributed by atoms with Crippen LogP contribution in [0.1, 0.15) is 17.5 Å². The molecule has 0 aliphatic carbocycles. The molecule has 0 saturated heterocycles. The van der Waals surface area contributed by atoms with Gasteiger partial charge in [-0.1, -0.05) is 29.7 Å². The average molecular weight is 425 g/mol. The predicted molar refractivity (Wildman–Crippen MR) is 120 cm³/mol. The molecule has 0 aliphatic rings. The quantitative estimate of drug-likeness (QED) is 0.267. The number of hydrogen-bond acceptors (Lipinski definition) is 6. The molecule has 8 heteroatoms. The number of anilines is 1. The smallest absolute Gasteiger partial charge is 0.177 e. The van der Waals surface area contributed by atoms with Crippen LogP contribution in [0.2, 0.25) is 5.02 Å². The number of terminal acetylenes is 1. The topological polar surface area (TPSA) is 69.2 Å². The molecule has 2 aromatic heterocycles. The van der Waals surface area contributed by atoms with Gasteiger partial charge in [0, 0.05) is 17.1 Å². The summed E-state index contributed by atoms with van der Waals surface area (Å²) < 4.78 is 1.66. The molecular formula is C21H21ClN6S. The second-order valence-corrected chi connectivity index (χ2v) is 7.88. The minimum Gasteiger partial charge on any atom is -0.367 e. The summed E-state index contributed by atoms with van der Waals surface area (Å²) in [7, 11) is 4.05. The van der Waals surface area contributed by atoms with E-state index in [4.69, 9.17) is 18.0 Å². The molecule has 3 aromatic rings. The number of fused-ring (bicyclic) bond motifs is 1. The number of aromatic nitrogens is 3. The van der Waals surface area contributed by atoms with Crippen LogP contribution >= 0.6 is 23.4 Å². The van der Waals surface area contributed by atoms with Crippen molar-refractivity contribution >= 4 is 34.8 Å². The second kappa shape index (κ2) is 9.19. The fraction of sp³-hybridized carbons (Fsp3) is 0.286. The van der Waals surface area contributed by atoms with Gasteiger partial charge in [0.15, 0.2) is 11.5 Å². The van der Waals surface area contributed by atoms with Gasteiger partial charge in [0.1, 0.15) is 16.7 Å². The second-order valence-electron chi connectivity index (χ2n) is 6.65. The fourth-order valence-electron chi connectivity index (χ4n) is 3.01. The van der Waals surface area contributed by atoms with Gasteiger partial charge in [-0.05, 0) is 45.4 Å². The summed E-state index contributed by atoms with van der Waals surface area (Å²) in [6.07, 6.45) is 8.67. The van der Waals surface area contributed by atoms with Crippen molar-refractivity contribution in [3.63, 3.8) is 0 Å². The number of nitrogens with zero attached hydrogens (tertiary/aromatic N) is 5. The van der Waals surface area contributed by atoms with Crippen molar-refractivity contribution in [3.8, 4) is 29.7 Å². The molecule has 0 radical (unpaired) electrons. The summed E-state index contributed by atoms with van der Waals surface area (Å²) in [5.41, 5.74) is 3.10. The molecular weight excluding hydrogens is 404 g/mol. The first-order chi connectivity index (χ1) is 14.0. The van der Waals surface area contributed by atoms with E-state index < -0.39 is 0 Å². The molecule has 1 aromatic carbocycles. The van der Waals surface area contributed by atoms with Crippen LogP contribution in [-0.2, 0) is 0 Å². The number of halogens is 1. The number of benzene rings is 1. The van der Waals surface area contributed by atoms with Crippen LogP contribution in [-0.4, -0.2) is 52.9 Å². The van der Waals surface area contributed by atoms with Gasteiger partial charge in [0.2, 0.25) is 0 Å². The van der Waals surface area contributed by atoms with E-state index in [0.717, 1.165) is 24.2 Å². The van der Waals surface area contributed by atoms with E-state index in [1.54, 1.807) is 16.6 Å². The van der Waals surface area contributed by atoms with Crippen LogP contribution in [0, 0.1) is 23.7 Å². The van der Waals surface area contributed by atoms with Gasteiger partial charge in [-0.2, -0.15) is 5.26 Å². The maximum atomic E-state index is 9.78. The first-order valence-corrected chi connectivity index (χ1v) is 10.6. The Morgan fingerprint density at radius 1 is 1.28 bits per heavy atom. The third-order valence-corrected chi connectivity index (χ3v) is 5.31. The molecule has 0 amide bonds. The number of hydrogen-bond donors (Lipinski definition) is 1. The van der Waals surface area contributed by atoms with Crippen molar-refractivity contribution in [2.75, 3.05) is 38.8 Å². The summed E-state index contributed by atoms with van der Waals surface area (Å²) in [4.78, 5) is 6.75. The summed E-state index contributed by atoms with van der Waals surface area (Å²) in [6.45, 7) is 1.64. The van der Waals surface area contributed by atoms with Crippen LogP contribution in [0.4, 0.5) is 5.82 Å².